The van der Waals surface area contributed by atoms with E-state index in [-0.39, 0.29) is 12.6 Å². The fourth-order valence-electron chi connectivity index (χ4n) is 2.04. The molecule has 0 amide bonds. The molecule has 106 valence electrons. The first-order valence-corrected chi connectivity index (χ1v) is 6.83. The Morgan fingerprint density at radius 2 is 1.70 bits per heavy atom. The molecule has 2 rings (SSSR count). The highest BCUT2D eigenvalue weighted by Crippen LogP contribution is 2.16. The predicted octanol–water partition coefficient (Wildman–Crippen LogP) is 2.30. The van der Waals surface area contributed by atoms with Gasteiger partial charge >= 0.3 is 0 Å². The number of aryl methyl sites for hydroxylation is 1. The maximum Gasteiger partial charge on any atom is 0.122 e. The second-order valence-electron chi connectivity index (χ2n) is 5.00. The molecule has 0 aliphatic heterocycles. The lowest BCUT2D eigenvalue weighted by Crippen LogP contribution is -2.40. The molecule has 0 fully saturated rings. The summed E-state index contributed by atoms with van der Waals surface area (Å²) in [6.45, 7) is 2.18. The summed E-state index contributed by atoms with van der Waals surface area (Å²) in [4.78, 5) is 0. The van der Waals surface area contributed by atoms with Crippen LogP contribution in [0.4, 0.5) is 0 Å². The van der Waals surface area contributed by atoms with E-state index in [0.717, 1.165) is 16.9 Å². The molecular formula is C17H21NO2. The van der Waals surface area contributed by atoms with E-state index in [1.807, 2.05) is 61.5 Å². The van der Waals surface area contributed by atoms with Crippen molar-refractivity contribution in [2.24, 2.45) is 5.73 Å². The topological polar surface area (TPSA) is 55.5 Å². The first-order valence-electron chi connectivity index (χ1n) is 6.83. The normalized spacial score (nSPS) is 13.8. The van der Waals surface area contributed by atoms with Gasteiger partial charge in [-0.15, -0.1) is 0 Å². The molecule has 0 spiro atoms. The van der Waals surface area contributed by atoms with Crippen LogP contribution in [0.5, 0.6) is 5.75 Å². The van der Waals surface area contributed by atoms with E-state index in [1.54, 1.807) is 0 Å². The van der Waals surface area contributed by atoms with Crippen molar-refractivity contribution in [2.45, 2.75) is 25.5 Å². The van der Waals surface area contributed by atoms with E-state index < -0.39 is 6.10 Å². The molecule has 3 N–H and O–H groups in total. The lowest BCUT2D eigenvalue weighted by molar-refractivity contribution is 0.0848. The van der Waals surface area contributed by atoms with E-state index in [2.05, 4.69) is 0 Å². The van der Waals surface area contributed by atoms with Gasteiger partial charge in [-0.1, -0.05) is 48.5 Å². The zero-order valence-corrected chi connectivity index (χ0v) is 11.7. The Balaban J connectivity index is 1.85. The summed E-state index contributed by atoms with van der Waals surface area (Å²) in [6.07, 6.45) is -0.0473. The van der Waals surface area contributed by atoms with Gasteiger partial charge in [0, 0.05) is 6.04 Å². The zero-order chi connectivity index (χ0) is 14.4. The number of nitrogens with two attached hydrogens (primary N) is 1. The van der Waals surface area contributed by atoms with Crippen molar-refractivity contribution >= 4 is 0 Å². The Morgan fingerprint density at radius 1 is 1.05 bits per heavy atom. The summed E-state index contributed by atoms with van der Waals surface area (Å²) >= 11 is 0. The SMILES string of the molecule is Cc1ccccc1OCC(O)C(N)Cc1ccccc1. The van der Waals surface area contributed by atoms with Crippen molar-refractivity contribution < 1.29 is 9.84 Å². The number of rotatable bonds is 6. The van der Waals surface area contributed by atoms with Gasteiger partial charge in [0.1, 0.15) is 18.5 Å². The Bertz CT molecular complexity index is 528. The van der Waals surface area contributed by atoms with Gasteiger partial charge in [0.05, 0.1) is 0 Å². The van der Waals surface area contributed by atoms with Crippen LogP contribution in [0, 0.1) is 6.92 Å². The number of aliphatic hydroxyl groups excluding tert-OH is 1. The summed E-state index contributed by atoms with van der Waals surface area (Å²) in [5.41, 5.74) is 8.19. The van der Waals surface area contributed by atoms with Gasteiger partial charge < -0.3 is 15.6 Å². The Hall–Kier alpha value is -1.84. The van der Waals surface area contributed by atoms with Crippen LogP contribution >= 0.6 is 0 Å². The predicted molar refractivity (Wildman–Crippen MR) is 80.8 cm³/mol. The molecule has 0 bridgehead atoms. The second-order valence-corrected chi connectivity index (χ2v) is 5.00. The molecule has 0 aliphatic carbocycles. The largest absolute Gasteiger partial charge is 0.491 e. The van der Waals surface area contributed by atoms with E-state index >= 15 is 0 Å². The summed E-state index contributed by atoms with van der Waals surface area (Å²) < 4.78 is 5.63. The summed E-state index contributed by atoms with van der Waals surface area (Å²) in [5.74, 6) is 0.790. The summed E-state index contributed by atoms with van der Waals surface area (Å²) in [6, 6.07) is 17.3. The number of benzene rings is 2. The second kappa shape index (κ2) is 7.08. The lowest BCUT2D eigenvalue weighted by Gasteiger charge is -2.20. The van der Waals surface area contributed by atoms with Gasteiger partial charge in [-0.05, 0) is 30.5 Å². The minimum Gasteiger partial charge on any atom is -0.491 e. The van der Waals surface area contributed by atoms with E-state index in [1.165, 1.54) is 0 Å². The molecule has 2 unspecified atom stereocenters. The van der Waals surface area contributed by atoms with Gasteiger partial charge in [-0.3, -0.25) is 0 Å². The molecule has 2 aromatic rings. The minimum absolute atomic E-state index is 0.207. The zero-order valence-electron chi connectivity index (χ0n) is 11.7. The van der Waals surface area contributed by atoms with Crippen molar-refractivity contribution in [2.75, 3.05) is 6.61 Å². The van der Waals surface area contributed by atoms with Crippen molar-refractivity contribution in [1.82, 2.24) is 0 Å². The smallest absolute Gasteiger partial charge is 0.122 e. The van der Waals surface area contributed by atoms with Gasteiger partial charge in [-0.2, -0.15) is 0 Å². The van der Waals surface area contributed by atoms with Crippen LogP contribution in [-0.4, -0.2) is 23.9 Å². The molecule has 0 radical (unpaired) electrons. The minimum atomic E-state index is -0.685. The van der Waals surface area contributed by atoms with E-state index in [0.29, 0.717) is 6.42 Å². The third-order valence-corrected chi connectivity index (χ3v) is 3.31. The van der Waals surface area contributed by atoms with Crippen LogP contribution in [0.3, 0.4) is 0 Å². The fraction of sp³-hybridized carbons (Fsp3) is 0.294. The molecule has 0 saturated heterocycles. The highest BCUT2D eigenvalue weighted by atomic mass is 16.5. The number of hydrogen-bond acceptors (Lipinski definition) is 3. The van der Waals surface area contributed by atoms with Gasteiger partial charge in [-0.25, -0.2) is 0 Å². The molecule has 0 heterocycles. The number of hydrogen-bond donors (Lipinski definition) is 2. The maximum atomic E-state index is 10.1. The molecule has 3 nitrogen and oxygen atoms in total. The third kappa shape index (κ3) is 4.08. The van der Waals surface area contributed by atoms with Gasteiger partial charge in [0.25, 0.3) is 0 Å². The lowest BCUT2D eigenvalue weighted by atomic mass is 10.0. The molecular weight excluding hydrogens is 250 g/mol. The van der Waals surface area contributed by atoms with Crippen LogP contribution in [0.1, 0.15) is 11.1 Å². The van der Waals surface area contributed by atoms with E-state index in [9.17, 15) is 5.11 Å². The highest BCUT2D eigenvalue weighted by molar-refractivity contribution is 5.31. The summed E-state index contributed by atoms with van der Waals surface area (Å²) in [5, 5.41) is 10.1. The highest BCUT2D eigenvalue weighted by Gasteiger charge is 2.16. The van der Waals surface area contributed by atoms with Crippen LogP contribution in [0.15, 0.2) is 54.6 Å². The van der Waals surface area contributed by atoms with E-state index in [4.69, 9.17) is 10.5 Å². The molecule has 3 heteroatoms. The Labute approximate surface area is 120 Å². The number of para-hydroxylation sites is 1. The van der Waals surface area contributed by atoms with Crippen LogP contribution in [-0.2, 0) is 6.42 Å². The summed E-state index contributed by atoms with van der Waals surface area (Å²) in [7, 11) is 0. The standard InChI is InChI=1S/C17H21NO2/c1-13-7-5-6-10-17(13)20-12-16(19)15(18)11-14-8-3-2-4-9-14/h2-10,15-16,19H,11-12,18H2,1H3. The maximum absolute atomic E-state index is 10.1. The monoisotopic (exact) mass is 271 g/mol. The molecule has 0 aromatic heterocycles. The Kier molecular flexibility index (Phi) is 5.16. The average molecular weight is 271 g/mol. The van der Waals surface area contributed by atoms with Crippen molar-refractivity contribution in [3.05, 3.63) is 65.7 Å². The quantitative estimate of drug-likeness (QED) is 0.847. The van der Waals surface area contributed by atoms with Crippen LogP contribution in [0.25, 0.3) is 0 Å². The van der Waals surface area contributed by atoms with Crippen LogP contribution < -0.4 is 10.5 Å². The fourth-order valence-corrected chi connectivity index (χ4v) is 2.04. The van der Waals surface area contributed by atoms with Crippen molar-refractivity contribution in [3.63, 3.8) is 0 Å². The van der Waals surface area contributed by atoms with Crippen molar-refractivity contribution in [1.29, 1.82) is 0 Å². The first kappa shape index (κ1) is 14.6. The molecule has 20 heavy (non-hydrogen) atoms. The van der Waals surface area contributed by atoms with Crippen molar-refractivity contribution in [3.8, 4) is 5.75 Å². The molecule has 2 aromatic carbocycles. The Morgan fingerprint density at radius 3 is 2.40 bits per heavy atom. The number of ether oxygens (including phenoxy) is 1. The molecule has 2 atom stereocenters. The van der Waals surface area contributed by atoms with Gasteiger partial charge in [0.15, 0.2) is 0 Å². The molecule has 0 aliphatic rings. The van der Waals surface area contributed by atoms with Gasteiger partial charge in [0.2, 0.25) is 0 Å². The average Bonchev–Trinajstić information content (AvgIpc) is 2.47. The number of aliphatic hydroxyl groups is 1. The third-order valence-electron chi connectivity index (χ3n) is 3.31. The van der Waals surface area contributed by atoms with Crippen LogP contribution in [0.2, 0.25) is 0 Å². The molecule has 0 saturated carbocycles. The first-order chi connectivity index (χ1) is 9.66.